The molecule has 0 bridgehead atoms. The third kappa shape index (κ3) is 4.18. The summed E-state index contributed by atoms with van der Waals surface area (Å²) in [4.78, 5) is 20.5. The zero-order valence-corrected chi connectivity index (χ0v) is 13.5. The number of aryl methyl sites for hydroxylation is 1. The van der Waals surface area contributed by atoms with E-state index in [1.165, 1.54) is 12.4 Å². The van der Waals surface area contributed by atoms with Crippen molar-refractivity contribution >= 4 is 23.1 Å². The lowest BCUT2D eigenvalue weighted by molar-refractivity contribution is 0.102. The van der Waals surface area contributed by atoms with E-state index in [2.05, 4.69) is 26.7 Å². The van der Waals surface area contributed by atoms with Crippen molar-refractivity contribution in [3.05, 3.63) is 77.7 Å². The van der Waals surface area contributed by atoms with Gasteiger partial charge in [0.15, 0.2) is 0 Å². The van der Waals surface area contributed by atoms with Gasteiger partial charge in [0.2, 0.25) is 0 Å². The lowest BCUT2D eigenvalue weighted by Crippen LogP contribution is -2.14. The minimum Gasteiger partial charge on any atom is -0.339 e. The van der Waals surface area contributed by atoms with Gasteiger partial charge in [-0.25, -0.2) is 9.97 Å². The Labute approximate surface area is 145 Å². The summed E-state index contributed by atoms with van der Waals surface area (Å²) >= 11 is 0. The Kier molecular flexibility index (Phi) is 4.67. The number of aromatic nitrogens is 2. The summed E-state index contributed by atoms with van der Waals surface area (Å²) in [6.45, 7) is 1.98. The first kappa shape index (κ1) is 16.1. The highest BCUT2D eigenvalue weighted by atomic mass is 16.1. The maximum absolute atomic E-state index is 12.2. The first-order valence-corrected chi connectivity index (χ1v) is 7.61. The largest absolute Gasteiger partial charge is 0.339 e. The second-order valence-corrected chi connectivity index (χ2v) is 5.42. The van der Waals surface area contributed by atoms with Crippen molar-refractivity contribution in [3.8, 4) is 6.07 Å². The molecule has 1 aromatic heterocycles. The van der Waals surface area contributed by atoms with Crippen LogP contribution in [0.5, 0.6) is 0 Å². The highest BCUT2D eigenvalue weighted by Crippen LogP contribution is 2.15. The summed E-state index contributed by atoms with van der Waals surface area (Å²) in [5.74, 6) is 0.192. The molecule has 1 amide bonds. The van der Waals surface area contributed by atoms with E-state index in [9.17, 15) is 4.79 Å². The Morgan fingerprint density at radius 3 is 2.24 bits per heavy atom. The molecule has 0 aliphatic carbocycles. The average Bonchev–Trinajstić information content (AvgIpc) is 2.65. The Bertz CT molecular complexity index is 910. The normalized spacial score (nSPS) is 9.92. The van der Waals surface area contributed by atoms with Crippen molar-refractivity contribution < 1.29 is 4.79 Å². The van der Waals surface area contributed by atoms with Gasteiger partial charge in [0.05, 0.1) is 24.0 Å². The van der Waals surface area contributed by atoms with Crippen molar-refractivity contribution in [2.75, 3.05) is 10.6 Å². The molecule has 2 N–H and O–H groups in total. The maximum Gasteiger partial charge on any atom is 0.275 e. The first-order valence-electron chi connectivity index (χ1n) is 7.61. The zero-order chi connectivity index (χ0) is 17.6. The van der Waals surface area contributed by atoms with Crippen LogP contribution in [0.3, 0.4) is 0 Å². The minimum atomic E-state index is -0.318. The quantitative estimate of drug-likeness (QED) is 0.762. The number of benzene rings is 2. The number of hydrogen-bond donors (Lipinski definition) is 2. The molecule has 0 aliphatic heterocycles. The van der Waals surface area contributed by atoms with E-state index < -0.39 is 0 Å². The standard InChI is InChI=1S/C19H15N5O/c1-13-2-6-16(7-3-13)24-19(25)17-11-22-18(12-21-17)23-15-8-4-14(10-20)5-9-15/h2-9,11-12H,1H3,(H,22,23)(H,24,25). The van der Waals surface area contributed by atoms with Crippen molar-refractivity contribution in [2.45, 2.75) is 6.92 Å². The first-order chi connectivity index (χ1) is 12.1. The van der Waals surface area contributed by atoms with Gasteiger partial charge in [-0.2, -0.15) is 5.26 Å². The van der Waals surface area contributed by atoms with Gasteiger partial charge in [-0.15, -0.1) is 0 Å². The lowest BCUT2D eigenvalue weighted by atomic mass is 10.2. The van der Waals surface area contributed by atoms with E-state index in [1.54, 1.807) is 24.3 Å². The number of amides is 1. The number of carbonyl (C=O) groups excluding carboxylic acids is 1. The number of nitrogens with one attached hydrogen (secondary N) is 2. The topological polar surface area (TPSA) is 90.7 Å². The molecule has 0 aliphatic rings. The Morgan fingerprint density at radius 1 is 0.960 bits per heavy atom. The van der Waals surface area contributed by atoms with E-state index in [0.717, 1.165) is 11.3 Å². The number of rotatable bonds is 4. The summed E-state index contributed by atoms with van der Waals surface area (Å²) < 4.78 is 0. The molecule has 0 saturated heterocycles. The fourth-order valence-corrected chi connectivity index (χ4v) is 2.12. The van der Waals surface area contributed by atoms with Gasteiger partial charge in [-0.3, -0.25) is 4.79 Å². The maximum atomic E-state index is 12.2. The molecule has 0 unspecified atom stereocenters. The van der Waals surface area contributed by atoms with Crippen molar-refractivity contribution in [3.63, 3.8) is 0 Å². The van der Waals surface area contributed by atoms with Crippen molar-refractivity contribution in [1.29, 1.82) is 5.26 Å². The predicted octanol–water partition coefficient (Wildman–Crippen LogP) is 3.65. The highest BCUT2D eigenvalue weighted by molar-refractivity contribution is 6.02. The minimum absolute atomic E-state index is 0.228. The summed E-state index contributed by atoms with van der Waals surface area (Å²) in [6, 6.07) is 16.5. The van der Waals surface area contributed by atoms with Gasteiger partial charge < -0.3 is 10.6 Å². The molecule has 0 radical (unpaired) electrons. The average molecular weight is 329 g/mol. The second kappa shape index (κ2) is 7.23. The van der Waals surface area contributed by atoms with Crippen LogP contribution in [0.25, 0.3) is 0 Å². The van der Waals surface area contributed by atoms with Gasteiger partial charge in [0, 0.05) is 11.4 Å². The fourth-order valence-electron chi connectivity index (χ4n) is 2.12. The summed E-state index contributed by atoms with van der Waals surface area (Å²) in [5, 5.41) is 14.6. The molecular weight excluding hydrogens is 314 g/mol. The van der Waals surface area contributed by atoms with E-state index in [-0.39, 0.29) is 11.6 Å². The molecular formula is C19H15N5O. The molecule has 3 rings (SSSR count). The smallest absolute Gasteiger partial charge is 0.275 e. The van der Waals surface area contributed by atoms with Crippen LogP contribution in [-0.4, -0.2) is 15.9 Å². The van der Waals surface area contributed by atoms with Crippen LogP contribution in [-0.2, 0) is 0 Å². The van der Waals surface area contributed by atoms with E-state index >= 15 is 0 Å². The molecule has 3 aromatic rings. The number of nitrogens with zero attached hydrogens (tertiary/aromatic N) is 3. The molecule has 0 spiro atoms. The van der Waals surface area contributed by atoms with Crippen LogP contribution in [0.2, 0.25) is 0 Å². The van der Waals surface area contributed by atoms with Crippen LogP contribution < -0.4 is 10.6 Å². The van der Waals surface area contributed by atoms with Crippen LogP contribution in [0.1, 0.15) is 21.6 Å². The van der Waals surface area contributed by atoms with Gasteiger partial charge in [-0.1, -0.05) is 17.7 Å². The van der Waals surface area contributed by atoms with E-state index in [4.69, 9.17) is 5.26 Å². The molecule has 1 heterocycles. The molecule has 6 nitrogen and oxygen atoms in total. The molecule has 122 valence electrons. The van der Waals surface area contributed by atoms with Gasteiger partial charge in [0.25, 0.3) is 5.91 Å². The van der Waals surface area contributed by atoms with Crippen LogP contribution >= 0.6 is 0 Å². The second-order valence-electron chi connectivity index (χ2n) is 5.42. The SMILES string of the molecule is Cc1ccc(NC(=O)c2cnc(Nc3ccc(C#N)cc3)cn2)cc1. The van der Waals surface area contributed by atoms with Gasteiger partial charge >= 0.3 is 0 Å². The number of anilines is 3. The molecule has 0 fully saturated rings. The summed E-state index contributed by atoms with van der Waals surface area (Å²) in [5.41, 5.74) is 3.42. The Hall–Kier alpha value is -3.72. The van der Waals surface area contributed by atoms with Crippen LogP contribution in [0.15, 0.2) is 60.9 Å². The third-order valence-electron chi connectivity index (χ3n) is 3.48. The number of carbonyl (C=O) groups is 1. The zero-order valence-electron chi connectivity index (χ0n) is 13.5. The monoisotopic (exact) mass is 329 g/mol. The van der Waals surface area contributed by atoms with Crippen molar-refractivity contribution in [1.82, 2.24) is 9.97 Å². The lowest BCUT2D eigenvalue weighted by Gasteiger charge is -2.07. The summed E-state index contributed by atoms with van der Waals surface area (Å²) in [7, 11) is 0. The van der Waals surface area contributed by atoms with Crippen LogP contribution in [0.4, 0.5) is 17.2 Å². The number of nitriles is 1. The predicted molar refractivity (Wildman–Crippen MR) is 95.6 cm³/mol. The fraction of sp³-hybridized carbons (Fsp3) is 0.0526. The molecule has 25 heavy (non-hydrogen) atoms. The summed E-state index contributed by atoms with van der Waals surface area (Å²) in [6.07, 6.45) is 2.90. The molecule has 0 atom stereocenters. The highest BCUT2D eigenvalue weighted by Gasteiger charge is 2.08. The Morgan fingerprint density at radius 2 is 1.64 bits per heavy atom. The van der Waals surface area contributed by atoms with Gasteiger partial charge in [0.1, 0.15) is 11.5 Å². The van der Waals surface area contributed by atoms with Crippen LogP contribution in [0, 0.1) is 18.3 Å². The van der Waals surface area contributed by atoms with E-state index in [1.807, 2.05) is 31.2 Å². The van der Waals surface area contributed by atoms with Crippen molar-refractivity contribution in [2.24, 2.45) is 0 Å². The Balaban J connectivity index is 1.65. The van der Waals surface area contributed by atoms with E-state index in [0.29, 0.717) is 17.1 Å². The third-order valence-corrected chi connectivity index (χ3v) is 3.48. The number of hydrogen-bond acceptors (Lipinski definition) is 5. The molecule has 0 saturated carbocycles. The van der Waals surface area contributed by atoms with Gasteiger partial charge in [-0.05, 0) is 43.3 Å². The molecule has 6 heteroatoms. The molecule has 2 aromatic carbocycles.